The van der Waals surface area contributed by atoms with Gasteiger partial charge >= 0.3 is 0 Å². The minimum atomic E-state index is -0.326. The lowest BCUT2D eigenvalue weighted by molar-refractivity contribution is -0.139. The predicted octanol–water partition coefficient (Wildman–Crippen LogP) is 0.385. The van der Waals surface area contributed by atoms with E-state index in [1.165, 1.54) is 0 Å². The zero-order valence-electron chi connectivity index (χ0n) is 11.1. The molecule has 2 rings (SSSR count). The Balaban J connectivity index is 1.97. The van der Waals surface area contributed by atoms with Crippen molar-refractivity contribution in [3.63, 3.8) is 0 Å². The first-order valence-corrected chi connectivity index (χ1v) is 6.86. The molecule has 18 heavy (non-hydrogen) atoms. The molecule has 0 radical (unpaired) electrons. The van der Waals surface area contributed by atoms with E-state index in [1.807, 2.05) is 0 Å². The molecule has 0 aromatic rings. The van der Waals surface area contributed by atoms with Crippen LogP contribution in [0.4, 0.5) is 0 Å². The summed E-state index contributed by atoms with van der Waals surface area (Å²) in [6.07, 6.45) is 6.14. The fourth-order valence-electron chi connectivity index (χ4n) is 3.16. The molecule has 2 aliphatic rings. The molecule has 5 heteroatoms. The summed E-state index contributed by atoms with van der Waals surface area (Å²) in [4.78, 5) is 25.7. The van der Waals surface area contributed by atoms with Gasteiger partial charge in [0.25, 0.3) is 0 Å². The smallest absolute Gasteiger partial charge is 0.242 e. The summed E-state index contributed by atoms with van der Waals surface area (Å²) in [6.45, 7) is 0.688. The molecule has 5 nitrogen and oxygen atoms in total. The second-order valence-electron chi connectivity index (χ2n) is 5.61. The molecule has 102 valence electrons. The number of likely N-dealkylation sites (N-methyl/N-ethyl adjacent to an activating group) is 1. The Kier molecular flexibility index (Phi) is 3.90. The fourth-order valence-corrected chi connectivity index (χ4v) is 3.16. The van der Waals surface area contributed by atoms with E-state index in [1.54, 1.807) is 11.9 Å². The van der Waals surface area contributed by atoms with E-state index >= 15 is 0 Å². The van der Waals surface area contributed by atoms with Gasteiger partial charge in [0.1, 0.15) is 6.04 Å². The molecule has 0 bridgehead atoms. The van der Waals surface area contributed by atoms with Crippen LogP contribution in [0.15, 0.2) is 0 Å². The largest absolute Gasteiger partial charge is 0.357 e. The highest BCUT2D eigenvalue weighted by atomic mass is 16.2. The van der Waals surface area contributed by atoms with Crippen molar-refractivity contribution in [3.05, 3.63) is 0 Å². The lowest BCUT2D eigenvalue weighted by atomic mass is 9.94. The van der Waals surface area contributed by atoms with Gasteiger partial charge in [-0.05, 0) is 25.7 Å². The molecule has 3 N–H and O–H groups in total. The van der Waals surface area contributed by atoms with Gasteiger partial charge < -0.3 is 16.0 Å². The van der Waals surface area contributed by atoms with Crippen LogP contribution in [0.5, 0.6) is 0 Å². The number of hydrogen-bond acceptors (Lipinski definition) is 3. The SMILES string of the molecule is CNC(=O)C1CCCN1C(=O)CC1(N)CCCC1. The molecule has 1 aliphatic heterocycles. The first-order chi connectivity index (χ1) is 8.56. The third kappa shape index (κ3) is 2.66. The summed E-state index contributed by atoms with van der Waals surface area (Å²) < 4.78 is 0. The van der Waals surface area contributed by atoms with Crippen molar-refractivity contribution in [2.75, 3.05) is 13.6 Å². The second kappa shape index (κ2) is 5.26. The van der Waals surface area contributed by atoms with Crippen LogP contribution in [0.25, 0.3) is 0 Å². The molecular weight excluding hydrogens is 230 g/mol. The van der Waals surface area contributed by atoms with E-state index in [4.69, 9.17) is 5.73 Å². The van der Waals surface area contributed by atoms with Crippen molar-refractivity contribution >= 4 is 11.8 Å². The van der Waals surface area contributed by atoms with Gasteiger partial charge in [-0.15, -0.1) is 0 Å². The summed E-state index contributed by atoms with van der Waals surface area (Å²) in [5.41, 5.74) is 5.91. The van der Waals surface area contributed by atoms with E-state index in [0.717, 1.165) is 38.5 Å². The number of nitrogens with one attached hydrogen (secondary N) is 1. The van der Waals surface area contributed by atoms with Crippen molar-refractivity contribution < 1.29 is 9.59 Å². The van der Waals surface area contributed by atoms with Gasteiger partial charge in [0.2, 0.25) is 11.8 Å². The Labute approximate surface area is 108 Å². The summed E-state index contributed by atoms with van der Waals surface area (Å²) in [7, 11) is 1.62. The number of rotatable bonds is 3. The molecule has 1 atom stereocenters. The van der Waals surface area contributed by atoms with E-state index in [2.05, 4.69) is 5.32 Å². The molecule has 2 fully saturated rings. The van der Waals surface area contributed by atoms with Crippen LogP contribution in [0.1, 0.15) is 44.9 Å². The lowest BCUT2D eigenvalue weighted by Gasteiger charge is -2.29. The van der Waals surface area contributed by atoms with Crippen LogP contribution >= 0.6 is 0 Å². The maximum atomic E-state index is 12.3. The van der Waals surface area contributed by atoms with Gasteiger partial charge in [-0.1, -0.05) is 12.8 Å². The van der Waals surface area contributed by atoms with Crippen molar-refractivity contribution in [2.24, 2.45) is 5.73 Å². The first-order valence-electron chi connectivity index (χ1n) is 6.86. The quantitative estimate of drug-likeness (QED) is 0.763. The molecular formula is C13H23N3O2. The van der Waals surface area contributed by atoms with Crippen molar-refractivity contribution in [3.8, 4) is 0 Å². The van der Waals surface area contributed by atoms with E-state index in [9.17, 15) is 9.59 Å². The van der Waals surface area contributed by atoms with Gasteiger partial charge in [0, 0.05) is 25.6 Å². The topological polar surface area (TPSA) is 75.4 Å². The monoisotopic (exact) mass is 253 g/mol. The molecule has 0 aromatic carbocycles. The first kappa shape index (κ1) is 13.3. The zero-order chi connectivity index (χ0) is 13.2. The Morgan fingerprint density at radius 3 is 2.61 bits per heavy atom. The molecule has 1 saturated heterocycles. The number of nitrogens with two attached hydrogens (primary N) is 1. The number of carbonyl (C=O) groups excluding carboxylic acids is 2. The van der Waals surface area contributed by atoms with Crippen LogP contribution in [0.2, 0.25) is 0 Å². The maximum Gasteiger partial charge on any atom is 0.242 e. The van der Waals surface area contributed by atoms with Gasteiger partial charge in [0.05, 0.1) is 0 Å². The maximum absolute atomic E-state index is 12.3. The normalized spacial score (nSPS) is 26.3. The van der Waals surface area contributed by atoms with Crippen LogP contribution in [0.3, 0.4) is 0 Å². The average molecular weight is 253 g/mol. The lowest BCUT2D eigenvalue weighted by Crippen LogP contribution is -2.49. The van der Waals surface area contributed by atoms with Crippen molar-refractivity contribution in [1.82, 2.24) is 10.2 Å². The van der Waals surface area contributed by atoms with Gasteiger partial charge in [-0.2, -0.15) is 0 Å². The standard InChI is InChI=1S/C13H23N3O2/c1-15-12(18)10-5-4-8-16(10)11(17)9-13(14)6-2-3-7-13/h10H,2-9,14H2,1H3,(H,15,18). The molecule has 2 amide bonds. The molecule has 1 saturated carbocycles. The Morgan fingerprint density at radius 1 is 1.33 bits per heavy atom. The molecule has 0 spiro atoms. The molecule has 1 aliphatic carbocycles. The van der Waals surface area contributed by atoms with Gasteiger partial charge in [-0.3, -0.25) is 9.59 Å². The highest BCUT2D eigenvalue weighted by Gasteiger charge is 2.38. The molecule has 1 heterocycles. The van der Waals surface area contributed by atoms with E-state index in [-0.39, 0.29) is 23.4 Å². The average Bonchev–Trinajstić information content (AvgIpc) is 2.96. The fraction of sp³-hybridized carbons (Fsp3) is 0.846. The summed E-state index contributed by atoms with van der Waals surface area (Å²) in [5, 5.41) is 2.63. The third-order valence-corrected chi connectivity index (χ3v) is 4.22. The highest BCUT2D eigenvalue weighted by Crippen LogP contribution is 2.31. The van der Waals surface area contributed by atoms with Crippen LogP contribution in [-0.2, 0) is 9.59 Å². The Morgan fingerprint density at radius 2 is 2.00 bits per heavy atom. The van der Waals surface area contributed by atoms with Crippen LogP contribution < -0.4 is 11.1 Å². The minimum Gasteiger partial charge on any atom is -0.357 e. The zero-order valence-corrected chi connectivity index (χ0v) is 11.1. The Bertz CT molecular complexity index is 337. The van der Waals surface area contributed by atoms with Crippen molar-refractivity contribution in [2.45, 2.75) is 56.5 Å². The predicted molar refractivity (Wildman–Crippen MR) is 68.8 cm³/mol. The second-order valence-corrected chi connectivity index (χ2v) is 5.61. The van der Waals surface area contributed by atoms with Gasteiger partial charge in [0.15, 0.2) is 0 Å². The number of amides is 2. The van der Waals surface area contributed by atoms with Crippen molar-refractivity contribution in [1.29, 1.82) is 0 Å². The van der Waals surface area contributed by atoms with Gasteiger partial charge in [-0.25, -0.2) is 0 Å². The Hall–Kier alpha value is -1.10. The molecule has 0 aromatic heterocycles. The van der Waals surface area contributed by atoms with E-state index in [0.29, 0.717) is 13.0 Å². The number of hydrogen-bond donors (Lipinski definition) is 2. The minimum absolute atomic E-state index is 0.0468. The van der Waals surface area contributed by atoms with Crippen LogP contribution in [-0.4, -0.2) is 41.9 Å². The number of likely N-dealkylation sites (tertiary alicyclic amines) is 1. The number of carbonyl (C=O) groups is 2. The van der Waals surface area contributed by atoms with E-state index < -0.39 is 0 Å². The third-order valence-electron chi connectivity index (χ3n) is 4.22. The summed E-state index contributed by atoms with van der Waals surface area (Å²) in [5.74, 6) is -0.0103. The molecule has 1 unspecified atom stereocenters. The highest BCUT2D eigenvalue weighted by molar-refractivity contribution is 5.88. The summed E-state index contributed by atoms with van der Waals surface area (Å²) >= 11 is 0. The van der Waals surface area contributed by atoms with Crippen LogP contribution in [0, 0.1) is 0 Å². The number of nitrogens with zero attached hydrogens (tertiary/aromatic N) is 1. The summed E-state index contributed by atoms with van der Waals surface area (Å²) in [6, 6.07) is -0.285.